The van der Waals surface area contributed by atoms with Crippen LogP contribution in [0.5, 0.6) is 0 Å². The number of carbonyl (C=O) groups is 1. The van der Waals surface area contributed by atoms with Crippen molar-refractivity contribution >= 4 is 21.9 Å². The lowest BCUT2D eigenvalue weighted by molar-refractivity contribution is -0.144. The van der Waals surface area contributed by atoms with E-state index in [1.54, 1.807) is 6.92 Å². The smallest absolute Gasteiger partial charge is 0.417 e. The maximum absolute atomic E-state index is 12.8. The zero-order valence-electron chi connectivity index (χ0n) is 9.68. The summed E-state index contributed by atoms with van der Waals surface area (Å²) in [6.07, 6.45) is -4.50. The van der Waals surface area contributed by atoms with Crippen molar-refractivity contribution in [2.45, 2.75) is 25.9 Å². The van der Waals surface area contributed by atoms with Crippen LogP contribution >= 0.6 is 15.9 Å². The summed E-state index contributed by atoms with van der Waals surface area (Å²) >= 11 is 2.88. The quantitative estimate of drug-likeness (QED) is 0.783. The third-order valence-electron chi connectivity index (χ3n) is 2.29. The van der Waals surface area contributed by atoms with E-state index in [1.165, 1.54) is 18.2 Å². The molecular formula is C12H12BrF3O2. The van der Waals surface area contributed by atoms with Gasteiger partial charge in [0.1, 0.15) is 0 Å². The highest BCUT2D eigenvalue weighted by Gasteiger charge is 2.35. The summed E-state index contributed by atoms with van der Waals surface area (Å²) in [5.74, 6) is -0.495. The molecule has 0 N–H and O–H groups in total. The van der Waals surface area contributed by atoms with Crippen molar-refractivity contribution < 1.29 is 22.7 Å². The zero-order chi connectivity index (χ0) is 13.8. The molecule has 0 aliphatic rings. The van der Waals surface area contributed by atoms with Gasteiger partial charge < -0.3 is 4.74 Å². The Balaban J connectivity index is 2.89. The van der Waals surface area contributed by atoms with Crippen LogP contribution in [0.1, 0.15) is 24.5 Å². The number of rotatable bonds is 4. The van der Waals surface area contributed by atoms with Gasteiger partial charge in [0.2, 0.25) is 0 Å². The largest absolute Gasteiger partial charge is 0.466 e. The summed E-state index contributed by atoms with van der Waals surface area (Å²) < 4.78 is 43.2. The van der Waals surface area contributed by atoms with E-state index in [0.717, 1.165) is 0 Å². The minimum Gasteiger partial charge on any atom is -0.466 e. The van der Waals surface area contributed by atoms with Crippen LogP contribution in [-0.4, -0.2) is 12.6 Å². The normalized spacial score (nSPS) is 11.4. The number of halogens is 4. The average Bonchev–Trinajstić information content (AvgIpc) is 2.25. The first-order valence-corrected chi connectivity index (χ1v) is 6.15. The molecule has 0 aromatic heterocycles. The summed E-state index contributed by atoms with van der Waals surface area (Å²) in [6.45, 7) is 1.88. The number of benzene rings is 1. The first-order valence-electron chi connectivity index (χ1n) is 5.36. The van der Waals surface area contributed by atoms with Gasteiger partial charge in [0.25, 0.3) is 0 Å². The summed E-state index contributed by atoms with van der Waals surface area (Å²) in [5.41, 5.74) is -0.640. The van der Waals surface area contributed by atoms with E-state index in [2.05, 4.69) is 20.7 Å². The van der Waals surface area contributed by atoms with Crippen molar-refractivity contribution in [1.82, 2.24) is 0 Å². The first kappa shape index (κ1) is 15.0. The Hall–Kier alpha value is -1.04. The molecule has 0 spiro atoms. The molecule has 1 rings (SSSR count). The second-order valence-corrected chi connectivity index (χ2v) is 4.43. The van der Waals surface area contributed by atoms with E-state index in [0.29, 0.717) is 0 Å². The maximum Gasteiger partial charge on any atom is 0.417 e. The molecule has 1 aromatic rings. The number of carbonyl (C=O) groups excluding carboxylic acids is 1. The SMILES string of the molecule is CCOC(=O)CCc1cccc(Br)c1C(F)(F)F. The minimum absolute atomic E-state index is 0.00706. The van der Waals surface area contributed by atoms with Crippen LogP contribution < -0.4 is 0 Å². The summed E-state index contributed by atoms with van der Waals surface area (Å²) in [6, 6.07) is 4.21. The van der Waals surface area contributed by atoms with Gasteiger partial charge >= 0.3 is 12.1 Å². The van der Waals surface area contributed by atoms with Crippen molar-refractivity contribution in [1.29, 1.82) is 0 Å². The van der Waals surface area contributed by atoms with Gasteiger partial charge in [-0.25, -0.2) is 0 Å². The van der Waals surface area contributed by atoms with Gasteiger partial charge in [-0.15, -0.1) is 0 Å². The summed E-state index contributed by atoms with van der Waals surface area (Å²) in [7, 11) is 0. The molecule has 0 saturated heterocycles. The van der Waals surface area contributed by atoms with Crippen LogP contribution in [0.15, 0.2) is 22.7 Å². The van der Waals surface area contributed by atoms with Crippen molar-refractivity contribution in [2.75, 3.05) is 6.61 Å². The molecule has 6 heteroatoms. The highest BCUT2D eigenvalue weighted by Crippen LogP contribution is 2.37. The highest BCUT2D eigenvalue weighted by molar-refractivity contribution is 9.10. The van der Waals surface area contributed by atoms with Gasteiger partial charge in [-0.05, 0) is 25.0 Å². The molecule has 0 saturated carbocycles. The molecule has 0 heterocycles. The number of ether oxygens (including phenoxy) is 1. The topological polar surface area (TPSA) is 26.3 Å². The van der Waals surface area contributed by atoms with Gasteiger partial charge in [-0.3, -0.25) is 4.79 Å². The van der Waals surface area contributed by atoms with Crippen molar-refractivity contribution in [2.24, 2.45) is 0 Å². The van der Waals surface area contributed by atoms with Crippen molar-refractivity contribution in [3.63, 3.8) is 0 Å². The molecule has 0 aliphatic carbocycles. The summed E-state index contributed by atoms with van der Waals surface area (Å²) in [5, 5.41) is 0. The maximum atomic E-state index is 12.8. The molecule has 0 aliphatic heterocycles. The van der Waals surface area contributed by atoms with E-state index < -0.39 is 17.7 Å². The molecular weight excluding hydrogens is 313 g/mol. The standard InChI is InChI=1S/C12H12BrF3O2/c1-2-18-10(17)7-6-8-4-3-5-9(13)11(8)12(14,15)16/h3-5H,2,6-7H2,1H3. The van der Waals surface area contributed by atoms with E-state index in [-0.39, 0.29) is 29.5 Å². The van der Waals surface area contributed by atoms with Crippen molar-refractivity contribution in [3.8, 4) is 0 Å². The number of alkyl halides is 3. The predicted octanol–water partition coefficient (Wildman–Crippen LogP) is 3.96. The van der Waals surface area contributed by atoms with Crippen LogP contribution in [0.25, 0.3) is 0 Å². The predicted molar refractivity (Wildman–Crippen MR) is 64.1 cm³/mol. The Morgan fingerprint density at radius 3 is 2.61 bits per heavy atom. The highest BCUT2D eigenvalue weighted by atomic mass is 79.9. The first-order chi connectivity index (χ1) is 8.36. The lowest BCUT2D eigenvalue weighted by atomic mass is 10.0. The Kier molecular flexibility index (Phi) is 5.19. The molecule has 0 amide bonds. The van der Waals surface area contributed by atoms with Crippen LogP contribution in [0, 0.1) is 0 Å². The van der Waals surface area contributed by atoms with Gasteiger partial charge in [-0.2, -0.15) is 13.2 Å². The molecule has 2 nitrogen and oxygen atoms in total. The fourth-order valence-corrected chi connectivity index (χ4v) is 2.20. The van der Waals surface area contributed by atoms with E-state index >= 15 is 0 Å². The third-order valence-corrected chi connectivity index (χ3v) is 2.95. The van der Waals surface area contributed by atoms with Gasteiger partial charge in [-0.1, -0.05) is 28.1 Å². The van der Waals surface area contributed by atoms with Gasteiger partial charge in [0, 0.05) is 10.9 Å². The van der Waals surface area contributed by atoms with Crippen LogP contribution in [-0.2, 0) is 22.1 Å². The number of aryl methyl sites for hydroxylation is 1. The fraction of sp³-hybridized carbons (Fsp3) is 0.417. The van der Waals surface area contributed by atoms with Crippen LogP contribution in [0.4, 0.5) is 13.2 Å². The minimum atomic E-state index is -4.44. The molecule has 100 valence electrons. The monoisotopic (exact) mass is 324 g/mol. The lowest BCUT2D eigenvalue weighted by Crippen LogP contribution is -2.12. The number of hydrogen-bond acceptors (Lipinski definition) is 2. The third kappa shape index (κ3) is 4.01. The molecule has 0 bridgehead atoms. The molecule has 1 aromatic carbocycles. The molecule has 0 radical (unpaired) electrons. The summed E-state index contributed by atoms with van der Waals surface area (Å²) in [4.78, 5) is 11.1. The second kappa shape index (κ2) is 6.22. The molecule has 18 heavy (non-hydrogen) atoms. The Morgan fingerprint density at radius 1 is 1.39 bits per heavy atom. The van der Waals surface area contributed by atoms with Crippen LogP contribution in [0.3, 0.4) is 0 Å². The Bertz CT molecular complexity index is 430. The lowest BCUT2D eigenvalue weighted by Gasteiger charge is -2.14. The number of hydrogen-bond donors (Lipinski definition) is 0. The average molecular weight is 325 g/mol. The molecule has 0 atom stereocenters. The molecule has 0 fully saturated rings. The van der Waals surface area contributed by atoms with Gasteiger partial charge in [0.05, 0.1) is 12.2 Å². The molecule has 0 unspecified atom stereocenters. The Labute approximate surface area is 111 Å². The van der Waals surface area contributed by atoms with Crippen molar-refractivity contribution in [3.05, 3.63) is 33.8 Å². The van der Waals surface area contributed by atoms with E-state index in [1.807, 2.05) is 0 Å². The van der Waals surface area contributed by atoms with E-state index in [4.69, 9.17) is 0 Å². The van der Waals surface area contributed by atoms with E-state index in [9.17, 15) is 18.0 Å². The van der Waals surface area contributed by atoms with Crippen LogP contribution in [0.2, 0.25) is 0 Å². The number of esters is 1. The zero-order valence-corrected chi connectivity index (χ0v) is 11.3. The Morgan fingerprint density at radius 2 is 2.06 bits per heavy atom. The van der Waals surface area contributed by atoms with Gasteiger partial charge in [0.15, 0.2) is 0 Å². The fourth-order valence-electron chi connectivity index (χ4n) is 1.56. The second-order valence-electron chi connectivity index (χ2n) is 3.58.